The fourth-order valence-corrected chi connectivity index (χ4v) is 0.596. The number of hydrogen-bond donors (Lipinski definition) is 4. The van der Waals surface area contributed by atoms with E-state index >= 15 is 0 Å². The maximum absolute atomic E-state index is 12.3. The first-order valence-electron chi connectivity index (χ1n) is 3.66. The van der Waals surface area contributed by atoms with Crippen molar-refractivity contribution in [2.24, 2.45) is 5.73 Å². The first-order chi connectivity index (χ1) is 6.37. The number of aliphatic hydroxyl groups is 1. The second-order valence-corrected chi connectivity index (χ2v) is 2.53. The third kappa shape index (κ3) is 6.26. The van der Waals surface area contributed by atoms with Gasteiger partial charge in [-0.05, 0) is 0 Å². The Bertz CT molecular complexity index is 222. The average molecular weight is 211 g/mol. The molecule has 0 spiro atoms. The monoisotopic (exact) mass is 211 g/mol. The van der Waals surface area contributed by atoms with Crippen molar-refractivity contribution in [3.05, 3.63) is 0 Å². The van der Waals surface area contributed by atoms with Crippen molar-refractivity contribution in [1.82, 2.24) is 10.6 Å². The quantitative estimate of drug-likeness (QED) is 0.439. The van der Waals surface area contributed by atoms with Crippen molar-refractivity contribution >= 4 is 11.9 Å². The summed E-state index contributed by atoms with van der Waals surface area (Å²) in [7, 11) is 0. The predicted molar refractivity (Wildman–Crippen MR) is 42.6 cm³/mol. The molecule has 0 aliphatic rings. The van der Waals surface area contributed by atoms with E-state index in [1.165, 1.54) is 0 Å². The van der Waals surface area contributed by atoms with Crippen LogP contribution in [-0.2, 0) is 4.79 Å². The van der Waals surface area contributed by atoms with Gasteiger partial charge in [0.25, 0.3) is 5.92 Å². The maximum atomic E-state index is 12.3. The van der Waals surface area contributed by atoms with Crippen LogP contribution >= 0.6 is 0 Å². The molecule has 82 valence electrons. The van der Waals surface area contributed by atoms with Gasteiger partial charge in [0.15, 0.2) is 0 Å². The van der Waals surface area contributed by atoms with Crippen LogP contribution in [0.25, 0.3) is 0 Å². The molecule has 0 bridgehead atoms. The van der Waals surface area contributed by atoms with Gasteiger partial charge in [0, 0.05) is 0 Å². The zero-order chi connectivity index (χ0) is 11.2. The van der Waals surface area contributed by atoms with Crippen LogP contribution in [0.2, 0.25) is 0 Å². The normalized spacial score (nSPS) is 11.1. The van der Waals surface area contributed by atoms with Gasteiger partial charge in [-0.1, -0.05) is 0 Å². The van der Waals surface area contributed by atoms with Gasteiger partial charge in [-0.3, -0.25) is 10.1 Å². The molecule has 8 heteroatoms. The molecule has 0 heterocycles. The van der Waals surface area contributed by atoms with Crippen LogP contribution in [0.15, 0.2) is 0 Å². The first kappa shape index (κ1) is 12.7. The Balaban J connectivity index is 3.64. The molecule has 0 saturated heterocycles. The molecule has 5 N–H and O–H groups in total. The second-order valence-electron chi connectivity index (χ2n) is 2.53. The summed E-state index contributed by atoms with van der Waals surface area (Å²) in [6.45, 7) is -2.63. The van der Waals surface area contributed by atoms with Crippen molar-refractivity contribution < 1.29 is 23.5 Å². The molecule has 0 radical (unpaired) electrons. The minimum Gasteiger partial charge on any atom is -0.390 e. The third-order valence-corrected chi connectivity index (χ3v) is 1.16. The van der Waals surface area contributed by atoms with Gasteiger partial charge >= 0.3 is 6.03 Å². The number of halogens is 2. The maximum Gasteiger partial charge on any atom is 0.318 e. The van der Waals surface area contributed by atoms with E-state index in [0.29, 0.717) is 0 Å². The summed E-state index contributed by atoms with van der Waals surface area (Å²) < 4.78 is 24.7. The number of hydrogen-bond acceptors (Lipinski definition) is 4. The van der Waals surface area contributed by atoms with Gasteiger partial charge in [-0.2, -0.15) is 0 Å². The third-order valence-electron chi connectivity index (χ3n) is 1.16. The molecule has 0 fully saturated rings. The minimum absolute atomic E-state index is 0.474. The van der Waals surface area contributed by atoms with E-state index in [2.05, 4.69) is 11.1 Å². The highest BCUT2D eigenvalue weighted by Gasteiger charge is 2.27. The summed E-state index contributed by atoms with van der Waals surface area (Å²) >= 11 is 0. The van der Waals surface area contributed by atoms with Crippen LogP contribution in [0, 0.1) is 0 Å². The van der Waals surface area contributed by atoms with E-state index in [-0.39, 0.29) is 0 Å². The van der Waals surface area contributed by atoms with Crippen LogP contribution in [0.5, 0.6) is 0 Å². The topological polar surface area (TPSA) is 104 Å². The fourth-order valence-electron chi connectivity index (χ4n) is 0.596. The van der Waals surface area contributed by atoms with Crippen LogP contribution in [-0.4, -0.2) is 42.7 Å². The van der Waals surface area contributed by atoms with E-state index in [4.69, 9.17) is 5.11 Å². The Hall–Kier alpha value is -1.28. The number of primary amides is 1. The van der Waals surface area contributed by atoms with Gasteiger partial charge in [-0.15, -0.1) is 0 Å². The molecule has 0 rings (SSSR count). The van der Waals surface area contributed by atoms with Gasteiger partial charge in [0.05, 0.1) is 13.1 Å². The molecule has 0 aliphatic heterocycles. The Morgan fingerprint density at radius 2 is 2.00 bits per heavy atom. The van der Waals surface area contributed by atoms with E-state index < -0.39 is 37.6 Å². The molecule has 0 saturated carbocycles. The molecular weight excluding hydrogens is 200 g/mol. The lowest BCUT2D eigenvalue weighted by Crippen LogP contribution is -2.44. The fraction of sp³-hybridized carbons (Fsp3) is 0.667. The molecule has 0 unspecified atom stereocenters. The summed E-state index contributed by atoms with van der Waals surface area (Å²) in [6.07, 6.45) is 0. The van der Waals surface area contributed by atoms with Crippen LogP contribution < -0.4 is 16.4 Å². The number of aliphatic hydroxyl groups excluding tert-OH is 1. The molecule has 0 aromatic heterocycles. The predicted octanol–water partition coefficient (Wildman–Crippen LogP) is -1.60. The lowest BCUT2D eigenvalue weighted by Gasteiger charge is -2.13. The van der Waals surface area contributed by atoms with Crippen molar-refractivity contribution in [2.75, 3.05) is 19.7 Å². The highest BCUT2D eigenvalue weighted by Crippen LogP contribution is 2.09. The summed E-state index contributed by atoms with van der Waals surface area (Å²) in [4.78, 5) is 20.7. The average Bonchev–Trinajstić information content (AvgIpc) is 2.02. The highest BCUT2D eigenvalue weighted by molar-refractivity contribution is 5.94. The van der Waals surface area contributed by atoms with E-state index in [0.717, 1.165) is 0 Å². The van der Waals surface area contributed by atoms with E-state index in [1.807, 2.05) is 0 Å². The molecule has 0 aliphatic carbocycles. The number of alkyl halides is 2. The van der Waals surface area contributed by atoms with E-state index in [9.17, 15) is 18.4 Å². The summed E-state index contributed by atoms with van der Waals surface area (Å²) in [5.74, 6) is -4.10. The van der Waals surface area contributed by atoms with Gasteiger partial charge in [0.1, 0.15) is 6.61 Å². The van der Waals surface area contributed by atoms with Crippen molar-refractivity contribution in [3.63, 3.8) is 0 Å². The number of nitrogens with one attached hydrogen (secondary N) is 2. The first-order valence-corrected chi connectivity index (χ1v) is 3.66. The number of imide groups is 1. The lowest BCUT2D eigenvalue weighted by molar-refractivity contribution is -0.119. The molecule has 0 aromatic carbocycles. The largest absolute Gasteiger partial charge is 0.390 e. The van der Waals surface area contributed by atoms with Crippen molar-refractivity contribution in [1.29, 1.82) is 0 Å². The standard InChI is InChI=1S/C6H11F2N3O3/c7-6(8,3-12)2-10-1-4(13)11-5(9)14/h10,12H,1-3H2,(H3,9,11,13,14). The number of carbonyl (C=O) groups excluding carboxylic acids is 2. The minimum atomic E-state index is -3.28. The van der Waals surface area contributed by atoms with Crippen LogP contribution in [0.3, 0.4) is 0 Å². The summed E-state index contributed by atoms with van der Waals surface area (Å²) in [5, 5.41) is 11.9. The van der Waals surface area contributed by atoms with E-state index in [1.54, 1.807) is 5.32 Å². The summed E-state index contributed by atoms with van der Waals surface area (Å²) in [6, 6.07) is -1.05. The molecule has 6 nitrogen and oxygen atoms in total. The highest BCUT2D eigenvalue weighted by atomic mass is 19.3. The van der Waals surface area contributed by atoms with Crippen molar-refractivity contribution in [2.45, 2.75) is 5.92 Å². The lowest BCUT2D eigenvalue weighted by atomic mass is 10.3. The zero-order valence-electron chi connectivity index (χ0n) is 7.22. The Morgan fingerprint density at radius 3 is 2.43 bits per heavy atom. The number of carbonyl (C=O) groups is 2. The van der Waals surface area contributed by atoms with Crippen molar-refractivity contribution in [3.8, 4) is 0 Å². The summed E-state index contributed by atoms with van der Waals surface area (Å²) in [5.41, 5.74) is 4.59. The Morgan fingerprint density at radius 1 is 1.43 bits per heavy atom. The van der Waals surface area contributed by atoms with Crippen LogP contribution in [0.4, 0.5) is 13.6 Å². The van der Waals surface area contributed by atoms with Gasteiger partial charge < -0.3 is 16.2 Å². The molecule has 14 heavy (non-hydrogen) atoms. The Kier molecular flexibility index (Phi) is 4.95. The number of urea groups is 1. The van der Waals surface area contributed by atoms with Gasteiger partial charge in [0.2, 0.25) is 5.91 Å². The number of rotatable bonds is 5. The molecular formula is C6H11F2N3O3. The smallest absolute Gasteiger partial charge is 0.318 e. The number of amides is 3. The zero-order valence-corrected chi connectivity index (χ0v) is 7.22. The molecule has 0 atom stereocenters. The second kappa shape index (κ2) is 5.45. The van der Waals surface area contributed by atoms with Gasteiger partial charge in [-0.25, -0.2) is 13.6 Å². The molecule has 3 amide bonds. The Labute approximate surface area is 78.5 Å². The molecule has 0 aromatic rings. The SMILES string of the molecule is NC(=O)NC(=O)CNCC(F)(F)CO. The van der Waals surface area contributed by atoms with Crippen LogP contribution in [0.1, 0.15) is 0 Å². The number of nitrogens with two attached hydrogens (primary N) is 1.